The van der Waals surface area contributed by atoms with Crippen molar-refractivity contribution in [2.75, 3.05) is 18.4 Å². The Balaban J connectivity index is 2.15. The van der Waals surface area contributed by atoms with E-state index in [1.807, 2.05) is 34.6 Å². The summed E-state index contributed by atoms with van der Waals surface area (Å²) >= 11 is 0. The molecule has 1 aromatic heterocycles. The summed E-state index contributed by atoms with van der Waals surface area (Å²) in [6.07, 6.45) is 1.42. The molecule has 1 heterocycles. The molecule has 0 aliphatic rings. The Morgan fingerprint density at radius 2 is 1.86 bits per heavy atom. The fourth-order valence-corrected chi connectivity index (χ4v) is 2.62. The molecule has 0 saturated heterocycles. The van der Waals surface area contributed by atoms with E-state index in [2.05, 4.69) is 10.6 Å². The Hall–Kier alpha value is -3.09. The van der Waals surface area contributed by atoms with Crippen LogP contribution in [0.4, 0.5) is 5.69 Å². The number of anilines is 1. The van der Waals surface area contributed by atoms with E-state index in [0.717, 1.165) is 5.56 Å². The predicted molar refractivity (Wildman–Crippen MR) is 107 cm³/mol. The highest BCUT2D eigenvalue weighted by Gasteiger charge is 2.21. The summed E-state index contributed by atoms with van der Waals surface area (Å²) in [5.41, 5.74) is 1.35. The van der Waals surface area contributed by atoms with Crippen LogP contribution in [0.1, 0.15) is 54.2 Å². The fraction of sp³-hybridized carbons (Fsp3) is 0.381. The highest BCUT2D eigenvalue weighted by Crippen LogP contribution is 2.19. The monoisotopic (exact) mass is 385 g/mol. The number of nitrogens with one attached hydrogen (secondary N) is 2. The first-order valence-electron chi connectivity index (χ1n) is 9.16. The van der Waals surface area contributed by atoms with Gasteiger partial charge in [0, 0.05) is 23.3 Å². The number of carbonyl (C=O) groups excluding carboxylic acids is 3. The Morgan fingerprint density at radius 1 is 1.14 bits per heavy atom. The van der Waals surface area contributed by atoms with Crippen LogP contribution in [0.3, 0.4) is 0 Å². The maximum atomic E-state index is 12.9. The van der Waals surface area contributed by atoms with Crippen molar-refractivity contribution in [3.05, 3.63) is 53.5 Å². The van der Waals surface area contributed by atoms with Crippen LogP contribution in [-0.4, -0.2) is 41.2 Å². The van der Waals surface area contributed by atoms with Crippen LogP contribution in [0.15, 0.2) is 41.0 Å². The molecule has 2 rings (SSSR count). The van der Waals surface area contributed by atoms with Crippen molar-refractivity contribution in [1.82, 2.24) is 10.2 Å². The van der Waals surface area contributed by atoms with Crippen LogP contribution in [-0.2, 0) is 4.79 Å². The molecule has 0 aliphatic heterocycles. The van der Waals surface area contributed by atoms with Gasteiger partial charge in [-0.15, -0.1) is 0 Å². The minimum atomic E-state index is -0.394. The number of rotatable bonds is 6. The third-order valence-electron chi connectivity index (χ3n) is 4.00. The van der Waals surface area contributed by atoms with Gasteiger partial charge in [0.25, 0.3) is 11.8 Å². The lowest BCUT2D eigenvalue weighted by Crippen LogP contribution is -2.47. The molecule has 0 radical (unpaired) electrons. The largest absolute Gasteiger partial charge is 0.459 e. The molecule has 0 spiro atoms. The van der Waals surface area contributed by atoms with Gasteiger partial charge in [0.15, 0.2) is 5.76 Å². The van der Waals surface area contributed by atoms with Crippen molar-refractivity contribution in [3.63, 3.8) is 0 Å². The van der Waals surface area contributed by atoms with Gasteiger partial charge in [0.2, 0.25) is 5.91 Å². The number of hydrogen-bond acceptors (Lipinski definition) is 4. The molecular weight excluding hydrogens is 358 g/mol. The van der Waals surface area contributed by atoms with E-state index in [1.165, 1.54) is 11.2 Å². The Morgan fingerprint density at radius 3 is 2.43 bits per heavy atom. The van der Waals surface area contributed by atoms with Crippen molar-refractivity contribution in [2.24, 2.45) is 0 Å². The lowest BCUT2D eigenvalue weighted by atomic mass is 10.1. The van der Waals surface area contributed by atoms with E-state index in [0.29, 0.717) is 17.8 Å². The highest BCUT2D eigenvalue weighted by molar-refractivity contribution is 6.04. The van der Waals surface area contributed by atoms with E-state index in [9.17, 15) is 14.4 Å². The molecule has 0 fully saturated rings. The predicted octanol–water partition coefficient (Wildman–Crippen LogP) is 3.22. The SMILES string of the molecule is CCN(CC(=O)NC(C)(C)C)C(=O)c1ccc(C)c(NC(=O)c2ccco2)c1. The van der Waals surface area contributed by atoms with Crippen LogP contribution in [0, 0.1) is 6.92 Å². The van der Waals surface area contributed by atoms with Gasteiger partial charge in [0.1, 0.15) is 0 Å². The van der Waals surface area contributed by atoms with Crippen molar-refractivity contribution in [2.45, 2.75) is 40.2 Å². The second-order valence-electron chi connectivity index (χ2n) is 7.58. The zero-order chi connectivity index (χ0) is 20.9. The minimum Gasteiger partial charge on any atom is -0.459 e. The lowest BCUT2D eigenvalue weighted by molar-refractivity contribution is -0.123. The molecule has 28 heavy (non-hydrogen) atoms. The van der Waals surface area contributed by atoms with Gasteiger partial charge in [0.05, 0.1) is 12.8 Å². The number of aryl methyl sites for hydroxylation is 1. The summed E-state index contributed by atoms with van der Waals surface area (Å²) < 4.78 is 5.09. The zero-order valence-electron chi connectivity index (χ0n) is 17.0. The van der Waals surface area contributed by atoms with Crippen LogP contribution < -0.4 is 10.6 Å². The van der Waals surface area contributed by atoms with Gasteiger partial charge in [-0.05, 0) is 64.4 Å². The molecule has 0 bridgehead atoms. The minimum absolute atomic E-state index is 0.0332. The molecule has 1 aromatic carbocycles. The number of hydrogen-bond donors (Lipinski definition) is 2. The summed E-state index contributed by atoms with van der Waals surface area (Å²) in [6, 6.07) is 8.25. The molecule has 3 amide bonds. The molecule has 0 unspecified atom stereocenters. The topological polar surface area (TPSA) is 91.7 Å². The Bertz CT molecular complexity index is 851. The number of likely N-dealkylation sites (N-methyl/N-ethyl adjacent to an activating group) is 1. The molecular formula is C21H27N3O4. The molecule has 0 aliphatic carbocycles. The van der Waals surface area contributed by atoms with Crippen LogP contribution in [0.25, 0.3) is 0 Å². The average Bonchev–Trinajstić information content (AvgIpc) is 3.14. The number of amides is 3. The highest BCUT2D eigenvalue weighted by atomic mass is 16.3. The number of furan rings is 1. The van der Waals surface area contributed by atoms with Crippen molar-refractivity contribution in [1.29, 1.82) is 0 Å². The second-order valence-corrected chi connectivity index (χ2v) is 7.58. The summed E-state index contributed by atoms with van der Waals surface area (Å²) in [6.45, 7) is 9.66. The second kappa shape index (κ2) is 8.73. The zero-order valence-corrected chi connectivity index (χ0v) is 17.0. The third kappa shape index (κ3) is 5.70. The molecule has 7 nitrogen and oxygen atoms in total. The summed E-state index contributed by atoms with van der Waals surface area (Å²) in [5.74, 6) is -0.707. The summed E-state index contributed by atoms with van der Waals surface area (Å²) in [4.78, 5) is 38.7. The normalized spacial score (nSPS) is 11.0. The molecule has 2 aromatic rings. The molecule has 7 heteroatoms. The van der Waals surface area contributed by atoms with Crippen molar-refractivity contribution >= 4 is 23.4 Å². The first kappa shape index (κ1) is 21.2. The van der Waals surface area contributed by atoms with Crippen LogP contribution in [0.2, 0.25) is 0 Å². The number of carbonyl (C=O) groups is 3. The first-order chi connectivity index (χ1) is 13.1. The lowest BCUT2D eigenvalue weighted by Gasteiger charge is -2.25. The van der Waals surface area contributed by atoms with E-state index >= 15 is 0 Å². The molecule has 2 N–H and O–H groups in total. The fourth-order valence-electron chi connectivity index (χ4n) is 2.62. The van der Waals surface area contributed by atoms with Gasteiger partial charge in [-0.1, -0.05) is 6.07 Å². The van der Waals surface area contributed by atoms with E-state index < -0.39 is 5.91 Å². The van der Waals surface area contributed by atoms with E-state index in [1.54, 1.807) is 30.3 Å². The number of nitrogens with zero attached hydrogens (tertiary/aromatic N) is 1. The van der Waals surface area contributed by atoms with Gasteiger partial charge in [-0.2, -0.15) is 0 Å². The average molecular weight is 385 g/mol. The van der Waals surface area contributed by atoms with E-state index in [4.69, 9.17) is 4.42 Å². The Labute approximate surface area is 165 Å². The van der Waals surface area contributed by atoms with Gasteiger partial charge in [-0.25, -0.2) is 0 Å². The van der Waals surface area contributed by atoms with Crippen molar-refractivity contribution in [3.8, 4) is 0 Å². The van der Waals surface area contributed by atoms with Gasteiger partial charge < -0.3 is 20.0 Å². The first-order valence-corrected chi connectivity index (χ1v) is 9.16. The molecule has 0 saturated carbocycles. The third-order valence-corrected chi connectivity index (χ3v) is 4.00. The molecule has 150 valence electrons. The van der Waals surface area contributed by atoms with Crippen LogP contribution in [0.5, 0.6) is 0 Å². The van der Waals surface area contributed by atoms with Gasteiger partial charge in [-0.3, -0.25) is 14.4 Å². The summed E-state index contributed by atoms with van der Waals surface area (Å²) in [7, 11) is 0. The van der Waals surface area contributed by atoms with Gasteiger partial charge >= 0.3 is 0 Å². The Kier molecular flexibility index (Phi) is 6.62. The molecule has 0 atom stereocenters. The van der Waals surface area contributed by atoms with Crippen LogP contribution >= 0.6 is 0 Å². The number of benzene rings is 1. The summed E-state index contributed by atoms with van der Waals surface area (Å²) in [5, 5.41) is 5.61. The smallest absolute Gasteiger partial charge is 0.291 e. The standard InChI is InChI=1S/C21H27N3O4/c1-6-24(13-18(25)23-21(3,4)5)20(27)15-10-9-14(2)16(12-15)22-19(26)17-8-7-11-28-17/h7-12H,6,13H2,1-5H3,(H,22,26)(H,23,25). The van der Waals surface area contributed by atoms with E-state index in [-0.39, 0.29) is 29.7 Å². The van der Waals surface area contributed by atoms with Crippen molar-refractivity contribution < 1.29 is 18.8 Å². The maximum absolute atomic E-state index is 12.9. The quantitative estimate of drug-likeness (QED) is 0.799. The maximum Gasteiger partial charge on any atom is 0.291 e.